The van der Waals surface area contributed by atoms with Gasteiger partial charge in [-0.25, -0.2) is 0 Å². The quantitative estimate of drug-likeness (QED) is 0.274. The number of carboxylic acid groups (broad SMARTS) is 1. The van der Waals surface area contributed by atoms with Crippen LogP contribution in [0.25, 0.3) is 16.7 Å². The van der Waals surface area contributed by atoms with E-state index in [-0.39, 0.29) is 17.8 Å². The average molecular weight is 553 g/mol. The highest BCUT2D eigenvalue weighted by molar-refractivity contribution is 5.84. The summed E-state index contributed by atoms with van der Waals surface area (Å²) in [5, 5.41) is 9.44. The molecule has 2 fully saturated rings. The van der Waals surface area contributed by atoms with Crippen LogP contribution in [0.15, 0.2) is 72.8 Å². The summed E-state index contributed by atoms with van der Waals surface area (Å²) in [5.41, 5.74) is 8.24. The molecule has 5 nitrogen and oxygen atoms in total. The molecule has 3 aromatic rings. The van der Waals surface area contributed by atoms with Gasteiger partial charge in [-0.05, 0) is 108 Å². The lowest BCUT2D eigenvalue weighted by molar-refractivity contribution is -0.149. The standard InChI is InChI=1S/C36H40O5/c1-35(2)16-6-11-33(35)32-19-24(12-15-30(32)26-7-4-9-28(20-26)36(3)40-17-18-41-36)23-39-29-10-5-8-27(21-29)31(22-34(37)38)25-13-14-25/h4-5,7-12,15,19-21,25,31H,6,13-14,16-18,22-23H2,1-3H3,(H,37,38)/t31-/m1/s1. The highest BCUT2D eigenvalue weighted by Gasteiger charge is 2.35. The molecule has 0 aromatic heterocycles. The first-order chi connectivity index (χ1) is 19.7. The van der Waals surface area contributed by atoms with Crippen LogP contribution in [0.2, 0.25) is 0 Å². The summed E-state index contributed by atoms with van der Waals surface area (Å²) in [5.74, 6) is -0.160. The van der Waals surface area contributed by atoms with E-state index in [0.29, 0.717) is 25.7 Å². The third-order valence-electron chi connectivity index (χ3n) is 9.03. The van der Waals surface area contributed by atoms with Gasteiger partial charge < -0.3 is 19.3 Å². The number of benzene rings is 3. The van der Waals surface area contributed by atoms with E-state index >= 15 is 0 Å². The van der Waals surface area contributed by atoms with Gasteiger partial charge in [-0.1, -0.05) is 62.4 Å². The molecular weight excluding hydrogens is 512 g/mol. The molecule has 0 bridgehead atoms. The van der Waals surface area contributed by atoms with Crippen molar-refractivity contribution in [3.8, 4) is 16.9 Å². The number of carbonyl (C=O) groups is 1. The Kier molecular flexibility index (Phi) is 7.52. The summed E-state index contributed by atoms with van der Waals surface area (Å²) in [6, 6.07) is 23.2. The molecule has 0 spiro atoms. The number of ether oxygens (including phenoxy) is 3. The second kappa shape index (κ2) is 11.1. The first-order valence-corrected chi connectivity index (χ1v) is 14.9. The average Bonchev–Trinajstić information content (AvgIpc) is 3.61. The Morgan fingerprint density at radius 3 is 2.46 bits per heavy atom. The van der Waals surface area contributed by atoms with Crippen molar-refractivity contribution < 1.29 is 24.1 Å². The Morgan fingerprint density at radius 2 is 1.76 bits per heavy atom. The number of carboxylic acids is 1. The zero-order valence-electron chi connectivity index (χ0n) is 24.3. The molecule has 1 aliphatic heterocycles. The maximum Gasteiger partial charge on any atom is 0.303 e. The summed E-state index contributed by atoms with van der Waals surface area (Å²) in [6.45, 7) is 8.30. The van der Waals surface area contributed by atoms with Crippen molar-refractivity contribution in [2.45, 2.75) is 71.2 Å². The molecule has 0 radical (unpaired) electrons. The Labute approximate surface area is 243 Å². The summed E-state index contributed by atoms with van der Waals surface area (Å²) in [4.78, 5) is 11.5. The van der Waals surface area contributed by atoms with Crippen molar-refractivity contribution in [3.63, 3.8) is 0 Å². The first-order valence-electron chi connectivity index (χ1n) is 14.9. The van der Waals surface area contributed by atoms with Crippen molar-refractivity contribution >= 4 is 11.5 Å². The summed E-state index contributed by atoms with van der Waals surface area (Å²) < 4.78 is 18.2. The van der Waals surface area contributed by atoms with E-state index in [1.807, 2.05) is 31.2 Å². The molecule has 214 valence electrons. The molecule has 1 atom stereocenters. The topological polar surface area (TPSA) is 65.0 Å². The van der Waals surface area contributed by atoms with Crippen LogP contribution < -0.4 is 4.74 Å². The molecule has 2 aliphatic carbocycles. The highest BCUT2D eigenvalue weighted by Crippen LogP contribution is 2.48. The minimum absolute atomic E-state index is 0.0523. The van der Waals surface area contributed by atoms with Crippen molar-refractivity contribution in [1.29, 1.82) is 0 Å². The van der Waals surface area contributed by atoms with Gasteiger partial charge in [-0.2, -0.15) is 0 Å². The van der Waals surface area contributed by atoms with E-state index in [1.54, 1.807) is 0 Å². The normalized spacial score (nSPS) is 20.0. The van der Waals surface area contributed by atoms with E-state index in [9.17, 15) is 9.90 Å². The molecule has 1 heterocycles. The Balaban J connectivity index is 1.29. The molecule has 3 aliphatic rings. The molecule has 3 aromatic carbocycles. The molecular formula is C36H40O5. The predicted molar refractivity (Wildman–Crippen MR) is 161 cm³/mol. The predicted octanol–water partition coefficient (Wildman–Crippen LogP) is 8.32. The van der Waals surface area contributed by atoms with Gasteiger partial charge in [0.05, 0.1) is 19.6 Å². The molecule has 1 saturated heterocycles. The number of hydrogen-bond donors (Lipinski definition) is 1. The van der Waals surface area contributed by atoms with Gasteiger partial charge in [0.2, 0.25) is 0 Å². The van der Waals surface area contributed by atoms with Crippen LogP contribution in [0.1, 0.15) is 81.0 Å². The number of rotatable bonds is 10. The number of hydrogen-bond acceptors (Lipinski definition) is 4. The fourth-order valence-electron chi connectivity index (χ4n) is 6.51. The molecule has 1 N–H and O–H groups in total. The number of aliphatic carboxylic acids is 1. The van der Waals surface area contributed by atoms with E-state index in [4.69, 9.17) is 14.2 Å². The lowest BCUT2D eigenvalue weighted by Crippen LogP contribution is -2.22. The Morgan fingerprint density at radius 1 is 0.976 bits per heavy atom. The van der Waals surface area contributed by atoms with Gasteiger partial charge in [0.25, 0.3) is 0 Å². The van der Waals surface area contributed by atoms with E-state index in [1.165, 1.54) is 16.7 Å². The SMILES string of the molecule is CC1(C)CCC=C1c1cc(COc2cccc([C@H](CC(=O)O)C3CC3)c2)ccc1-c1cccc(C2(C)OCCO2)c1. The van der Waals surface area contributed by atoms with Gasteiger partial charge in [-0.15, -0.1) is 0 Å². The Hall–Kier alpha value is -3.41. The fourth-order valence-corrected chi connectivity index (χ4v) is 6.51. The third-order valence-corrected chi connectivity index (χ3v) is 9.03. The molecule has 5 heteroatoms. The van der Waals surface area contributed by atoms with Crippen molar-refractivity contribution in [2.24, 2.45) is 11.3 Å². The molecule has 0 unspecified atom stereocenters. The van der Waals surface area contributed by atoms with Crippen molar-refractivity contribution in [3.05, 3.63) is 95.1 Å². The second-order valence-electron chi connectivity index (χ2n) is 12.5. The van der Waals surface area contributed by atoms with Crippen molar-refractivity contribution in [2.75, 3.05) is 13.2 Å². The van der Waals surface area contributed by atoms with Gasteiger partial charge in [0.1, 0.15) is 12.4 Å². The van der Waals surface area contributed by atoms with Gasteiger partial charge in [0, 0.05) is 5.56 Å². The van der Waals surface area contributed by atoms with Crippen LogP contribution >= 0.6 is 0 Å². The largest absolute Gasteiger partial charge is 0.489 e. The summed E-state index contributed by atoms with van der Waals surface area (Å²) in [7, 11) is 0. The van der Waals surface area contributed by atoms with Gasteiger partial charge in [0.15, 0.2) is 5.79 Å². The molecule has 41 heavy (non-hydrogen) atoms. The molecule has 6 rings (SSSR count). The lowest BCUT2D eigenvalue weighted by atomic mass is 9.79. The lowest BCUT2D eigenvalue weighted by Gasteiger charge is -2.26. The van der Waals surface area contributed by atoms with Crippen molar-refractivity contribution in [1.82, 2.24) is 0 Å². The maximum atomic E-state index is 11.5. The monoisotopic (exact) mass is 552 g/mol. The van der Waals surface area contributed by atoms with Crippen LogP contribution in [0.5, 0.6) is 5.75 Å². The third kappa shape index (κ3) is 5.98. The van der Waals surface area contributed by atoms with E-state index in [2.05, 4.69) is 62.4 Å². The first kappa shape index (κ1) is 27.7. The minimum atomic E-state index is -0.743. The van der Waals surface area contributed by atoms with Crippen LogP contribution in [-0.4, -0.2) is 24.3 Å². The fraction of sp³-hybridized carbons (Fsp3) is 0.417. The highest BCUT2D eigenvalue weighted by atomic mass is 16.7. The minimum Gasteiger partial charge on any atom is -0.489 e. The smallest absolute Gasteiger partial charge is 0.303 e. The zero-order chi connectivity index (χ0) is 28.6. The van der Waals surface area contributed by atoms with E-state index < -0.39 is 11.8 Å². The Bertz CT molecular complexity index is 1460. The van der Waals surface area contributed by atoms with Gasteiger partial charge >= 0.3 is 5.97 Å². The van der Waals surface area contributed by atoms with Gasteiger partial charge in [-0.3, -0.25) is 4.79 Å². The summed E-state index contributed by atoms with van der Waals surface area (Å²) >= 11 is 0. The zero-order valence-corrected chi connectivity index (χ0v) is 24.3. The maximum absolute atomic E-state index is 11.5. The van der Waals surface area contributed by atoms with Crippen LogP contribution in [0.4, 0.5) is 0 Å². The van der Waals surface area contributed by atoms with Crippen LogP contribution in [0.3, 0.4) is 0 Å². The van der Waals surface area contributed by atoms with E-state index in [0.717, 1.165) is 53.7 Å². The number of allylic oxidation sites excluding steroid dienone is 2. The molecule has 0 amide bonds. The van der Waals surface area contributed by atoms with Crippen LogP contribution in [0, 0.1) is 11.3 Å². The summed E-state index contributed by atoms with van der Waals surface area (Å²) in [6.07, 6.45) is 6.98. The molecule has 1 saturated carbocycles. The second-order valence-corrected chi connectivity index (χ2v) is 12.5. The van der Waals surface area contributed by atoms with Crippen LogP contribution in [-0.2, 0) is 26.7 Å².